The van der Waals surface area contributed by atoms with E-state index in [4.69, 9.17) is 0 Å². The number of thioether (sulfide) groups is 1. The smallest absolute Gasteiger partial charge is 0.262 e. The van der Waals surface area contributed by atoms with Crippen LogP contribution in [0.4, 0.5) is 5.69 Å². The summed E-state index contributed by atoms with van der Waals surface area (Å²) in [5.41, 5.74) is 3.23. The predicted molar refractivity (Wildman–Crippen MR) is 111 cm³/mol. The van der Waals surface area contributed by atoms with Gasteiger partial charge < -0.3 is 5.32 Å². The van der Waals surface area contributed by atoms with Gasteiger partial charge in [-0.3, -0.25) is 14.2 Å². The van der Waals surface area contributed by atoms with E-state index in [-0.39, 0.29) is 17.2 Å². The molecule has 0 unspecified atom stereocenters. The van der Waals surface area contributed by atoms with E-state index in [1.165, 1.54) is 11.8 Å². The third-order valence-electron chi connectivity index (χ3n) is 3.92. The number of benzene rings is 2. The summed E-state index contributed by atoms with van der Waals surface area (Å²) in [5.74, 6) is 0.0163. The Hall–Kier alpha value is -2.86. The van der Waals surface area contributed by atoms with E-state index >= 15 is 0 Å². The van der Waals surface area contributed by atoms with Crippen LogP contribution in [0.15, 0.2) is 70.6 Å². The Morgan fingerprint density at radius 1 is 1.19 bits per heavy atom. The standard InChI is InChI=1S/C21H21N3O2S/c1-14(2)12-24-20(26)17-6-4-5-7-18(17)23-21(24)27-13-19(25)22-16-10-8-15(3)9-11-16/h4-11H,1,12-13H2,2-3H3,(H,22,25). The Morgan fingerprint density at radius 2 is 1.89 bits per heavy atom. The number of hydrogen-bond acceptors (Lipinski definition) is 4. The predicted octanol–water partition coefficient (Wildman–Crippen LogP) is 4.01. The van der Waals surface area contributed by atoms with Crippen molar-refractivity contribution >= 4 is 34.3 Å². The van der Waals surface area contributed by atoms with Gasteiger partial charge in [0.15, 0.2) is 5.16 Å². The highest BCUT2D eigenvalue weighted by Crippen LogP contribution is 2.19. The van der Waals surface area contributed by atoms with Crippen molar-refractivity contribution in [3.63, 3.8) is 0 Å². The highest BCUT2D eigenvalue weighted by molar-refractivity contribution is 7.99. The molecule has 0 spiro atoms. The zero-order valence-corrected chi connectivity index (χ0v) is 16.2. The van der Waals surface area contributed by atoms with Crippen LogP contribution in [0, 0.1) is 6.92 Å². The fourth-order valence-electron chi connectivity index (χ4n) is 2.63. The van der Waals surface area contributed by atoms with Gasteiger partial charge in [-0.15, -0.1) is 0 Å². The van der Waals surface area contributed by atoms with E-state index in [1.54, 1.807) is 16.7 Å². The molecule has 3 aromatic rings. The van der Waals surface area contributed by atoms with Gasteiger partial charge in [-0.25, -0.2) is 4.98 Å². The van der Waals surface area contributed by atoms with Crippen molar-refractivity contribution in [2.75, 3.05) is 11.1 Å². The molecule has 0 saturated carbocycles. The molecule has 138 valence electrons. The van der Waals surface area contributed by atoms with Gasteiger partial charge in [0.25, 0.3) is 5.56 Å². The van der Waals surface area contributed by atoms with Crippen molar-refractivity contribution in [2.24, 2.45) is 0 Å². The first kappa shape index (κ1) is 18.9. The second kappa shape index (κ2) is 8.22. The van der Waals surface area contributed by atoms with E-state index in [2.05, 4.69) is 16.9 Å². The summed E-state index contributed by atoms with van der Waals surface area (Å²) in [6.07, 6.45) is 0. The van der Waals surface area contributed by atoms with Crippen molar-refractivity contribution in [2.45, 2.75) is 25.5 Å². The van der Waals surface area contributed by atoms with Crippen molar-refractivity contribution in [1.29, 1.82) is 0 Å². The topological polar surface area (TPSA) is 64.0 Å². The van der Waals surface area contributed by atoms with E-state index in [0.717, 1.165) is 16.8 Å². The van der Waals surface area contributed by atoms with Crippen LogP contribution in [0.2, 0.25) is 0 Å². The normalized spacial score (nSPS) is 10.7. The molecule has 2 aromatic carbocycles. The second-order valence-electron chi connectivity index (χ2n) is 6.46. The van der Waals surface area contributed by atoms with Crippen LogP contribution in [0.5, 0.6) is 0 Å². The minimum absolute atomic E-state index is 0.120. The molecule has 0 bridgehead atoms. The first-order valence-electron chi connectivity index (χ1n) is 8.57. The van der Waals surface area contributed by atoms with Gasteiger partial charge in [-0.05, 0) is 38.1 Å². The second-order valence-corrected chi connectivity index (χ2v) is 7.41. The molecule has 6 heteroatoms. The van der Waals surface area contributed by atoms with E-state index in [1.807, 2.05) is 50.2 Å². The first-order chi connectivity index (χ1) is 12.9. The number of carbonyl (C=O) groups is 1. The number of aryl methyl sites for hydroxylation is 1. The number of aromatic nitrogens is 2. The van der Waals surface area contributed by atoms with Gasteiger partial charge in [0.2, 0.25) is 5.91 Å². The molecule has 27 heavy (non-hydrogen) atoms. The lowest BCUT2D eigenvalue weighted by Gasteiger charge is -2.13. The lowest BCUT2D eigenvalue weighted by molar-refractivity contribution is -0.113. The van der Waals surface area contributed by atoms with Crippen molar-refractivity contribution in [1.82, 2.24) is 9.55 Å². The van der Waals surface area contributed by atoms with E-state index in [0.29, 0.717) is 22.6 Å². The highest BCUT2D eigenvalue weighted by atomic mass is 32.2. The molecular formula is C21H21N3O2S. The summed E-state index contributed by atoms with van der Waals surface area (Å²) in [6.45, 7) is 8.12. The summed E-state index contributed by atoms with van der Waals surface area (Å²) < 4.78 is 1.58. The van der Waals surface area contributed by atoms with E-state index in [9.17, 15) is 9.59 Å². The molecule has 0 atom stereocenters. The van der Waals surface area contributed by atoms with Gasteiger partial charge in [0, 0.05) is 12.2 Å². The lowest BCUT2D eigenvalue weighted by Crippen LogP contribution is -2.24. The molecule has 0 saturated heterocycles. The maximum absolute atomic E-state index is 12.8. The summed E-state index contributed by atoms with van der Waals surface area (Å²) in [5, 5.41) is 3.94. The monoisotopic (exact) mass is 379 g/mol. The SMILES string of the molecule is C=C(C)Cn1c(SCC(=O)Nc2ccc(C)cc2)nc2ccccc2c1=O. The maximum Gasteiger partial charge on any atom is 0.262 e. The zero-order valence-electron chi connectivity index (χ0n) is 15.4. The average Bonchev–Trinajstić information content (AvgIpc) is 2.64. The van der Waals surface area contributed by atoms with Crippen LogP contribution >= 0.6 is 11.8 Å². The fraction of sp³-hybridized carbons (Fsp3) is 0.190. The number of para-hydroxylation sites is 1. The molecule has 1 heterocycles. The number of nitrogens with zero attached hydrogens (tertiary/aromatic N) is 2. The molecule has 0 aliphatic carbocycles. The van der Waals surface area contributed by atoms with Gasteiger partial charge in [-0.2, -0.15) is 0 Å². The molecule has 1 amide bonds. The van der Waals surface area contributed by atoms with Crippen molar-refractivity contribution in [3.8, 4) is 0 Å². The number of anilines is 1. The number of nitrogens with one attached hydrogen (secondary N) is 1. The van der Waals surface area contributed by atoms with Crippen molar-refractivity contribution in [3.05, 3.63) is 76.6 Å². The summed E-state index contributed by atoms with van der Waals surface area (Å²) in [4.78, 5) is 29.7. The third-order valence-corrected chi connectivity index (χ3v) is 4.90. The van der Waals surface area contributed by atoms with Crippen LogP contribution in [-0.2, 0) is 11.3 Å². The molecule has 0 fully saturated rings. The fourth-order valence-corrected chi connectivity index (χ4v) is 3.43. The van der Waals surface area contributed by atoms with Gasteiger partial charge in [-0.1, -0.05) is 53.7 Å². The largest absolute Gasteiger partial charge is 0.325 e. The zero-order chi connectivity index (χ0) is 19.4. The Kier molecular flexibility index (Phi) is 5.76. The van der Waals surface area contributed by atoms with Crippen LogP contribution in [-0.4, -0.2) is 21.2 Å². The van der Waals surface area contributed by atoms with Crippen LogP contribution in [0.1, 0.15) is 12.5 Å². The molecule has 0 aliphatic heterocycles. The average molecular weight is 379 g/mol. The first-order valence-corrected chi connectivity index (χ1v) is 9.56. The number of carbonyl (C=O) groups excluding carboxylic acids is 1. The molecule has 1 N–H and O–H groups in total. The Balaban J connectivity index is 1.82. The highest BCUT2D eigenvalue weighted by Gasteiger charge is 2.13. The summed E-state index contributed by atoms with van der Waals surface area (Å²) in [6, 6.07) is 14.8. The number of fused-ring (bicyclic) bond motifs is 1. The van der Waals surface area contributed by atoms with Gasteiger partial charge >= 0.3 is 0 Å². The minimum atomic E-state index is -0.145. The van der Waals surface area contributed by atoms with E-state index < -0.39 is 0 Å². The number of amides is 1. The molecular weight excluding hydrogens is 358 g/mol. The van der Waals surface area contributed by atoms with Crippen LogP contribution in [0.3, 0.4) is 0 Å². The number of rotatable bonds is 6. The Morgan fingerprint density at radius 3 is 2.59 bits per heavy atom. The molecule has 0 aliphatic rings. The Labute approximate surface area is 162 Å². The third kappa shape index (κ3) is 4.65. The Bertz CT molecular complexity index is 1060. The van der Waals surface area contributed by atoms with Crippen LogP contribution in [0.25, 0.3) is 10.9 Å². The number of allylic oxidation sites excluding steroid dienone is 1. The summed E-state index contributed by atoms with van der Waals surface area (Å²) >= 11 is 1.25. The molecule has 3 rings (SSSR count). The quantitative estimate of drug-likeness (QED) is 0.399. The summed E-state index contributed by atoms with van der Waals surface area (Å²) in [7, 11) is 0. The minimum Gasteiger partial charge on any atom is -0.325 e. The molecule has 0 radical (unpaired) electrons. The molecule has 5 nitrogen and oxygen atoms in total. The lowest BCUT2D eigenvalue weighted by atomic mass is 10.2. The van der Waals surface area contributed by atoms with Gasteiger partial charge in [0.1, 0.15) is 0 Å². The molecule has 1 aromatic heterocycles. The van der Waals surface area contributed by atoms with Crippen molar-refractivity contribution < 1.29 is 4.79 Å². The van der Waals surface area contributed by atoms with Crippen LogP contribution < -0.4 is 10.9 Å². The maximum atomic E-state index is 12.8. The van der Waals surface area contributed by atoms with Gasteiger partial charge in [0.05, 0.1) is 16.7 Å². The number of hydrogen-bond donors (Lipinski definition) is 1.